The maximum absolute atomic E-state index is 12.7. The molecule has 1 amide bonds. The predicted octanol–water partition coefficient (Wildman–Crippen LogP) is 3.90. The number of carbonyl (C=O) groups excluding carboxylic acids is 1. The topological polar surface area (TPSA) is 38.3 Å². The molecule has 0 fully saturated rings. The number of halogens is 3. The van der Waals surface area contributed by atoms with Gasteiger partial charge in [0.1, 0.15) is 12.4 Å². The highest BCUT2D eigenvalue weighted by atomic mass is 19.4. The van der Waals surface area contributed by atoms with Gasteiger partial charge in [0.25, 0.3) is 0 Å². The Bertz CT molecular complexity index is 728. The molecule has 23 heavy (non-hydrogen) atoms. The van der Waals surface area contributed by atoms with Crippen LogP contribution in [0.2, 0.25) is 0 Å². The molecule has 1 aliphatic heterocycles. The number of anilines is 1. The van der Waals surface area contributed by atoms with Crippen LogP contribution in [0.25, 0.3) is 0 Å². The zero-order valence-electron chi connectivity index (χ0n) is 12.1. The highest BCUT2D eigenvalue weighted by Crippen LogP contribution is 2.31. The zero-order valence-corrected chi connectivity index (χ0v) is 12.1. The van der Waals surface area contributed by atoms with Gasteiger partial charge in [0.05, 0.1) is 11.5 Å². The van der Waals surface area contributed by atoms with E-state index in [0.717, 1.165) is 23.4 Å². The summed E-state index contributed by atoms with van der Waals surface area (Å²) in [6.45, 7) is 0.210. The third-order valence-electron chi connectivity index (χ3n) is 3.71. The lowest BCUT2D eigenvalue weighted by Gasteiger charge is -2.24. The number of carbonyl (C=O) groups is 1. The summed E-state index contributed by atoms with van der Waals surface area (Å²) in [6.07, 6.45) is -3.94. The minimum Gasteiger partial charge on any atom is -0.492 e. The fourth-order valence-electron chi connectivity index (χ4n) is 2.51. The van der Waals surface area contributed by atoms with Crippen LogP contribution in [0.5, 0.6) is 5.75 Å². The number of fused-ring (bicyclic) bond motifs is 1. The molecule has 0 saturated heterocycles. The molecule has 120 valence electrons. The predicted molar refractivity (Wildman–Crippen MR) is 79.2 cm³/mol. The van der Waals surface area contributed by atoms with Crippen molar-refractivity contribution in [2.24, 2.45) is 5.92 Å². The first-order valence-corrected chi connectivity index (χ1v) is 7.12. The van der Waals surface area contributed by atoms with E-state index in [2.05, 4.69) is 5.32 Å². The molecule has 3 rings (SSSR count). The lowest BCUT2D eigenvalue weighted by atomic mass is 9.96. The summed E-state index contributed by atoms with van der Waals surface area (Å²) in [4.78, 5) is 12.3. The average molecular weight is 321 g/mol. The van der Waals surface area contributed by atoms with Crippen molar-refractivity contribution < 1.29 is 22.7 Å². The minimum absolute atomic E-state index is 0.128. The van der Waals surface area contributed by atoms with Gasteiger partial charge in [0.2, 0.25) is 5.91 Å². The Labute approximate surface area is 131 Å². The quantitative estimate of drug-likeness (QED) is 0.911. The largest absolute Gasteiger partial charge is 0.492 e. The Balaban J connectivity index is 1.71. The van der Waals surface area contributed by atoms with Crippen molar-refractivity contribution in [1.82, 2.24) is 0 Å². The van der Waals surface area contributed by atoms with Gasteiger partial charge >= 0.3 is 6.18 Å². The molecule has 0 radical (unpaired) electrons. The lowest BCUT2D eigenvalue weighted by molar-refractivity contribution is -0.137. The fourth-order valence-corrected chi connectivity index (χ4v) is 2.51. The van der Waals surface area contributed by atoms with Crippen LogP contribution in [-0.4, -0.2) is 12.5 Å². The van der Waals surface area contributed by atoms with Gasteiger partial charge in [0, 0.05) is 5.69 Å². The third kappa shape index (κ3) is 3.47. The lowest BCUT2D eigenvalue weighted by Crippen LogP contribution is -2.32. The van der Waals surface area contributed by atoms with Crippen molar-refractivity contribution in [3.63, 3.8) is 0 Å². The monoisotopic (exact) mass is 321 g/mol. The van der Waals surface area contributed by atoms with E-state index in [9.17, 15) is 18.0 Å². The smallest absolute Gasteiger partial charge is 0.416 e. The molecule has 1 heterocycles. The number of para-hydroxylation sites is 1. The molecular formula is C17H14F3NO2. The molecule has 0 unspecified atom stereocenters. The molecule has 1 atom stereocenters. The van der Waals surface area contributed by atoms with Crippen LogP contribution in [0.1, 0.15) is 11.1 Å². The maximum Gasteiger partial charge on any atom is 0.416 e. The van der Waals surface area contributed by atoms with Gasteiger partial charge in [-0.15, -0.1) is 0 Å². The Morgan fingerprint density at radius 1 is 1.13 bits per heavy atom. The molecule has 2 aromatic rings. The van der Waals surface area contributed by atoms with Gasteiger partial charge in [-0.1, -0.05) is 24.3 Å². The van der Waals surface area contributed by atoms with E-state index < -0.39 is 17.7 Å². The second-order valence-electron chi connectivity index (χ2n) is 5.39. The van der Waals surface area contributed by atoms with Gasteiger partial charge in [-0.05, 0) is 36.2 Å². The number of alkyl halides is 3. The first kappa shape index (κ1) is 15.4. The summed E-state index contributed by atoms with van der Waals surface area (Å²) in [7, 11) is 0. The van der Waals surface area contributed by atoms with Crippen LogP contribution in [0, 0.1) is 5.92 Å². The first-order chi connectivity index (χ1) is 10.9. The second kappa shape index (κ2) is 5.95. The van der Waals surface area contributed by atoms with E-state index in [-0.39, 0.29) is 18.2 Å². The molecular weight excluding hydrogens is 307 g/mol. The number of hydrogen-bond acceptors (Lipinski definition) is 2. The normalized spacial score (nSPS) is 17.1. The van der Waals surface area contributed by atoms with Crippen molar-refractivity contribution in [3.8, 4) is 5.75 Å². The van der Waals surface area contributed by atoms with E-state index in [0.29, 0.717) is 6.42 Å². The van der Waals surface area contributed by atoms with Crippen LogP contribution in [0.15, 0.2) is 48.5 Å². The summed E-state index contributed by atoms with van der Waals surface area (Å²) in [5, 5.41) is 2.54. The van der Waals surface area contributed by atoms with E-state index in [1.807, 2.05) is 24.3 Å². The number of benzene rings is 2. The summed E-state index contributed by atoms with van der Waals surface area (Å²) in [5.41, 5.74) is 0.257. The summed E-state index contributed by atoms with van der Waals surface area (Å²) >= 11 is 0. The van der Waals surface area contributed by atoms with Gasteiger partial charge < -0.3 is 10.1 Å². The number of amides is 1. The maximum atomic E-state index is 12.7. The van der Waals surface area contributed by atoms with Gasteiger partial charge in [-0.3, -0.25) is 4.79 Å². The van der Waals surface area contributed by atoms with Crippen LogP contribution < -0.4 is 10.1 Å². The van der Waals surface area contributed by atoms with Gasteiger partial charge in [-0.2, -0.15) is 13.2 Å². The second-order valence-corrected chi connectivity index (χ2v) is 5.39. The molecule has 3 nitrogen and oxygen atoms in total. The van der Waals surface area contributed by atoms with Crippen LogP contribution in [0.3, 0.4) is 0 Å². The summed E-state index contributed by atoms with van der Waals surface area (Å²) in [5.74, 6) is -0.0334. The van der Waals surface area contributed by atoms with Crippen molar-refractivity contribution in [2.45, 2.75) is 12.6 Å². The third-order valence-corrected chi connectivity index (χ3v) is 3.71. The SMILES string of the molecule is O=C(Nc1cccc(C(F)(F)F)c1)[C@H]1COc2ccccc2C1. The Hall–Kier alpha value is -2.50. The number of hydrogen-bond donors (Lipinski definition) is 1. The number of ether oxygens (including phenoxy) is 1. The average Bonchev–Trinajstić information content (AvgIpc) is 2.54. The zero-order chi connectivity index (χ0) is 16.4. The summed E-state index contributed by atoms with van der Waals surface area (Å²) in [6, 6.07) is 12.0. The molecule has 0 saturated carbocycles. The fraction of sp³-hybridized carbons (Fsp3) is 0.235. The van der Waals surface area contributed by atoms with Crippen LogP contribution >= 0.6 is 0 Å². The summed E-state index contributed by atoms with van der Waals surface area (Å²) < 4.78 is 43.6. The molecule has 1 aliphatic rings. The van der Waals surface area contributed by atoms with Crippen LogP contribution in [0.4, 0.5) is 18.9 Å². The Morgan fingerprint density at radius 2 is 1.91 bits per heavy atom. The molecule has 0 aliphatic carbocycles. The van der Waals surface area contributed by atoms with Crippen molar-refractivity contribution in [1.29, 1.82) is 0 Å². The molecule has 0 bridgehead atoms. The number of nitrogens with one attached hydrogen (secondary N) is 1. The van der Waals surface area contributed by atoms with E-state index in [1.54, 1.807) is 0 Å². The highest BCUT2D eigenvalue weighted by Gasteiger charge is 2.31. The van der Waals surface area contributed by atoms with Crippen molar-refractivity contribution >= 4 is 11.6 Å². The first-order valence-electron chi connectivity index (χ1n) is 7.12. The minimum atomic E-state index is -4.44. The standard InChI is InChI=1S/C17H14F3NO2/c18-17(19,20)13-5-3-6-14(9-13)21-16(22)12-8-11-4-1-2-7-15(11)23-10-12/h1-7,9,12H,8,10H2,(H,21,22)/t12-/m1/s1. The van der Waals surface area contributed by atoms with Crippen LogP contribution in [-0.2, 0) is 17.4 Å². The van der Waals surface area contributed by atoms with Crippen molar-refractivity contribution in [2.75, 3.05) is 11.9 Å². The molecule has 1 N–H and O–H groups in total. The molecule has 2 aromatic carbocycles. The Kier molecular flexibility index (Phi) is 3.98. The van der Waals surface area contributed by atoms with Gasteiger partial charge in [-0.25, -0.2) is 0 Å². The Morgan fingerprint density at radius 3 is 2.70 bits per heavy atom. The highest BCUT2D eigenvalue weighted by molar-refractivity contribution is 5.93. The van der Waals surface area contributed by atoms with E-state index >= 15 is 0 Å². The van der Waals surface area contributed by atoms with E-state index in [1.165, 1.54) is 12.1 Å². The van der Waals surface area contributed by atoms with E-state index in [4.69, 9.17) is 4.74 Å². The van der Waals surface area contributed by atoms with Crippen molar-refractivity contribution in [3.05, 3.63) is 59.7 Å². The number of rotatable bonds is 2. The molecule has 0 spiro atoms. The molecule has 6 heteroatoms. The van der Waals surface area contributed by atoms with Gasteiger partial charge in [0.15, 0.2) is 0 Å². The molecule has 0 aromatic heterocycles.